The molecule has 0 saturated carbocycles. The lowest BCUT2D eigenvalue weighted by atomic mass is 9.99. The fraction of sp³-hybridized carbons (Fsp3) is 0.538. The molecule has 0 aromatic carbocycles. The number of hydrogen-bond acceptors (Lipinski definition) is 5. The van der Waals surface area contributed by atoms with Gasteiger partial charge in [0.25, 0.3) is 5.91 Å². The monoisotopic (exact) mass is 342 g/mol. The zero-order valence-electron chi connectivity index (χ0n) is 11.4. The Labute approximate surface area is 126 Å². The Morgan fingerprint density at radius 3 is 3.15 bits per heavy atom. The van der Waals surface area contributed by atoms with Gasteiger partial charge in [0, 0.05) is 29.7 Å². The second-order valence-electron chi connectivity index (χ2n) is 4.77. The van der Waals surface area contributed by atoms with Crippen LogP contribution in [0.25, 0.3) is 0 Å². The highest BCUT2D eigenvalue weighted by molar-refractivity contribution is 9.10. The summed E-state index contributed by atoms with van der Waals surface area (Å²) in [5.74, 6) is 5.92. The van der Waals surface area contributed by atoms with Crippen LogP contribution < -0.4 is 16.6 Å². The molecule has 2 heterocycles. The first-order valence-corrected chi connectivity index (χ1v) is 7.47. The van der Waals surface area contributed by atoms with Crippen LogP contribution in [0.4, 0.5) is 5.82 Å². The number of carbonyl (C=O) groups is 1. The largest absolute Gasteiger partial charge is 0.378 e. The zero-order valence-corrected chi connectivity index (χ0v) is 12.9. The number of anilines is 1. The van der Waals surface area contributed by atoms with Crippen molar-refractivity contribution in [3.05, 3.63) is 22.3 Å². The van der Waals surface area contributed by atoms with Gasteiger partial charge in [-0.1, -0.05) is 6.92 Å². The van der Waals surface area contributed by atoms with Crippen molar-refractivity contribution in [2.75, 3.05) is 18.6 Å². The number of nitrogen functional groups attached to an aromatic ring is 1. The fourth-order valence-electron chi connectivity index (χ4n) is 2.42. The summed E-state index contributed by atoms with van der Waals surface area (Å²) >= 11 is 3.30. The number of pyridine rings is 1. The molecule has 1 amide bonds. The van der Waals surface area contributed by atoms with Gasteiger partial charge in [-0.25, -0.2) is 10.8 Å². The maximum absolute atomic E-state index is 12.2. The predicted octanol–water partition coefficient (Wildman–Crippen LogP) is 1.67. The van der Waals surface area contributed by atoms with E-state index in [1.807, 2.05) is 0 Å². The lowest BCUT2D eigenvalue weighted by Gasteiger charge is -2.17. The molecule has 0 aliphatic carbocycles. The average molecular weight is 343 g/mol. The number of halogens is 1. The summed E-state index contributed by atoms with van der Waals surface area (Å²) in [5.41, 5.74) is 2.86. The number of hydrazine groups is 1. The maximum atomic E-state index is 12.2. The quantitative estimate of drug-likeness (QED) is 0.559. The standard InChI is InChI=1S/C13H19BrN4O2/c1-2-11-8(3-4-20-11)6-17-13(19)10-5-9(14)7-16-12(10)18-15/h5,7-8,11H,2-4,6,15H2,1H3,(H,16,18)(H,17,19). The van der Waals surface area contributed by atoms with Crippen molar-refractivity contribution in [2.24, 2.45) is 11.8 Å². The van der Waals surface area contributed by atoms with E-state index >= 15 is 0 Å². The molecule has 0 bridgehead atoms. The molecule has 0 radical (unpaired) electrons. The summed E-state index contributed by atoms with van der Waals surface area (Å²) in [6.45, 7) is 3.47. The molecular weight excluding hydrogens is 324 g/mol. The summed E-state index contributed by atoms with van der Waals surface area (Å²) in [6, 6.07) is 1.69. The van der Waals surface area contributed by atoms with Crippen LogP contribution >= 0.6 is 15.9 Å². The van der Waals surface area contributed by atoms with Gasteiger partial charge in [-0.05, 0) is 34.8 Å². The van der Waals surface area contributed by atoms with E-state index in [1.54, 1.807) is 12.3 Å². The summed E-state index contributed by atoms with van der Waals surface area (Å²) in [4.78, 5) is 16.3. The number of hydrogen-bond donors (Lipinski definition) is 3. The van der Waals surface area contributed by atoms with Crippen molar-refractivity contribution >= 4 is 27.7 Å². The van der Waals surface area contributed by atoms with E-state index in [0.717, 1.165) is 23.9 Å². The highest BCUT2D eigenvalue weighted by Crippen LogP contribution is 2.23. The van der Waals surface area contributed by atoms with Gasteiger partial charge in [0.15, 0.2) is 5.82 Å². The number of nitrogens with zero attached hydrogens (tertiary/aromatic N) is 1. The number of rotatable bonds is 5. The van der Waals surface area contributed by atoms with Crippen LogP contribution in [0.2, 0.25) is 0 Å². The molecule has 1 saturated heterocycles. The number of carbonyl (C=O) groups excluding carboxylic acids is 1. The van der Waals surface area contributed by atoms with Crippen LogP contribution in [0.3, 0.4) is 0 Å². The summed E-state index contributed by atoms with van der Waals surface area (Å²) < 4.78 is 6.35. The van der Waals surface area contributed by atoms with Crippen LogP contribution in [0, 0.1) is 5.92 Å². The van der Waals surface area contributed by atoms with Gasteiger partial charge in [-0.2, -0.15) is 0 Å². The molecule has 1 fully saturated rings. The first kappa shape index (κ1) is 15.2. The average Bonchev–Trinajstić information content (AvgIpc) is 2.92. The van der Waals surface area contributed by atoms with Gasteiger partial charge in [0.05, 0.1) is 11.7 Å². The summed E-state index contributed by atoms with van der Waals surface area (Å²) in [6.07, 6.45) is 3.78. The van der Waals surface area contributed by atoms with E-state index in [1.165, 1.54) is 0 Å². The lowest BCUT2D eigenvalue weighted by molar-refractivity contribution is 0.0827. The third-order valence-electron chi connectivity index (χ3n) is 3.51. The van der Waals surface area contributed by atoms with Crippen LogP contribution in [0.1, 0.15) is 30.1 Å². The van der Waals surface area contributed by atoms with Crippen molar-refractivity contribution < 1.29 is 9.53 Å². The first-order chi connectivity index (χ1) is 9.65. The second kappa shape index (κ2) is 7.01. The van der Waals surface area contributed by atoms with Gasteiger partial charge in [0.1, 0.15) is 0 Å². The Hall–Kier alpha value is -1.18. The topological polar surface area (TPSA) is 89.3 Å². The molecule has 1 aliphatic heterocycles. The Morgan fingerprint density at radius 2 is 2.45 bits per heavy atom. The van der Waals surface area contributed by atoms with Gasteiger partial charge in [-0.3, -0.25) is 4.79 Å². The van der Waals surface area contributed by atoms with Crippen LogP contribution in [0.15, 0.2) is 16.7 Å². The minimum atomic E-state index is -0.187. The van der Waals surface area contributed by atoms with E-state index in [0.29, 0.717) is 23.8 Å². The number of aromatic nitrogens is 1. The predicted molar refractivity (Wildman–Crippen MR) is 80.2 cm³/mol. The van der Waals surface area contributed by atoms with Gasteiger partial charge >= 0.3 is 0 Å². The van der Waals surface area contributed by atoms with E-state index in [9.17, 15) is 4.79 Å². The molecule has 7 heteroatoms. The zero-order chi connectivity index (χ0) is 14.5. The Morgan fingerprint density at radius 1 is 1.65 bits per heavy atom. The Bertz CT molecular complexity index is 483. The minimum absolute atomic E-state index is 0.187. The van der Waals surface area contributed by atoms with E-state index < -0.39 is 0 Å². The highest BCUT2D eigenvalue weighted by atomic mass is 79.9. The molecular formula is C13H19BrN4O2. The van der Waals surface area contributed by atoms with Crippen LogP contribution in [0.5, 0.6) is 0 Å². The molecule has 110 valence electrons. The Balaban J connectivity index is 2.00. The number of ether oxygens (including phenoxy) is 1. The van der Waals surface area contributed by atoms with Crippen molar-refractivity contribution in [2.45, 2.75) is 25.9 Å². The van der Waals surface area contributed by atoms with E-state index in [2.05, 4.69) is 38.6 Å². The molecule has 0 spiro atoms. The maximum Gasteiger partial charge on any atom is 0.255 e. The highest BCUT2D eigenvalue weighted by Gasteiger charge is 2.27. The Kier molecular flexibility index (Phi) is 5.33. The van der Waals surface area contributed by atoms with Crippen LogP contribution in [-0.4, -0.2) is 30.1 Å². The lowest BCUT2D eigenvalue weighted by Crippen LogP contribution is -2.33. The third-order valence-corrected chi connectivity index (χ3v) is 3.94. The minimum Gasteiger partial charge on any atom is -0.378 e. The van der Waals surface area contributed by atoms with Crippen molar-refractivity contribution in [1.29, 1.82) is 0 Å². The third kappa shape index (κ3) is 3.47. The fourth-order valence-corrected chi connectivity index (χ4v) is 2.76. The summed E-state index contributed by atoms with van der Waals surface area (Å²) in [5, 5.41) is 2.93. The molecule has 1 aliphatic rings. The van der Waals surface area contributed by atoms with Gasteiger partial charge in [-0.15, -0.1) is 0 Å². The summed E-state index contributed by atoms with van der Waals surface area (Å²) in [7, 11) is 0. The number of nitrogens with one attached hydrogen (secondary N) is 2. The van der Waals surface area contributed by atoms with Crippen LogP contribution in [-0.2, 0) is 4.74 Å². The second-order valence-corrected chi connectivity index (χ2v) is 5.69. The first-order valence-electron chi connectivity index (χ1n) is 6.67. The van der Waals surface area contributed by atoms with E-state index in [-0.39, 0.29) is 12.0 Å². The molecule has 2 atom stereocenters. The molecule has 2 unspecified atom stereocenters. The van der Waals surface area contributed by atoms with Crippen molar-refractivity contribution in [1.82, 2.24) is 10.3 Å². The molecule has 4 N–H and O–H groups in total. The van der Waals surface area contributed by atoms with Crippen molar-refractivity contribution in [3.8, 4) is 0 Å². The number of amides is 1. The normalized spacial score (nSPS) is 21.8. The van der Waals surface area contributed by atoms with Crippen molar-refractivity contribution in [3.63, 3.8) is 0 Å². The molecule has 2 rings (SSSR count). The molecule has 6 nitrogen and oxygen atoms in total. The van der Waals surface area contributed by atoms with Gasteiger partial charge in [0.2, 0.25) is 0 Å². The molecule has 1 aromatic heterocycles. The SMILES string of the molecule is CCC1OCCC1CNC(=O)c1cc(Br)cnc1NN. The molecule has 20 heavy (non-hydrogen) atoms. The smallest absolute Gasteiger partial charge is 0.255 e. The molecule has 1 aromatic rings. The van der Waals surface area contributed by atoms with Gasteiger partial charge < -0.3 is 15.5 Å². The van der Waals surface area contributed by atoms with E-state index in [4.69, 9.17) is 10.6 Å². The number of nitrogens with two attached hydrogens (primary N) is 1.